The van der Waals surface area contributed by atoms with Crippen LogP contribution in [-0.2, 0) is 6.54 Å². The average molecular weight is 301 g/mol. The second kappa shape index (κ2) is 7.16. The van der Waals surface area contributed by atoms with Gasteiger partial charge in [-0.05, 0) is 45.4 Å². The van der Waals surface area contributed by atoms with Gasteiger partial charge in [0.15, 0.2) is 0 Å². The van der Waals surface area contributed by atoms with Crippen molar-refractivity contribution in [1.29, 1.82) is 0 Å². The predicted molar refractivity (Wildman–Crippen MR) is 89.5 cm³/mol. The lowest BCUT2D eigenvalue weighted by atomic mass is 9.97. The molecule has 3 nitrogen and oxygen atoms in total. The monoisotopic (exact) mass is 301 g/mol. The van der Waals surface area contributed by atoms with Crippen LogP contribution in [0.3, 0.4) is 0 Å². The molecule has 0 spiro atoms. The standard InChI is InChI=1S/C17H23N3S/c1-20-9-7-14(8-10-20)11-18-12-17-19-16(13-21-17)15-5-3-2-4-6-15/h2-6,13-14,18H,7-12H2,1H3. The highest BCUT2D eigenvalue weighted by molar-refractivity contribution is 7.09. The Morgan fingerprint density at radius 3 is 2.76 bits per heavy atom. The second-order valence-corrected chi connectivity index (χ2v) is 6.81. The Morgan fingerprint density at radius 1 is 1.24 bits per heavy atom. The number of hydrogen-bond acceptors (Lipinski definition) is 4. The SMILES string of the molecule is CN1CCC(CNCc2nc(-c3ccccc3)cs2)CC1. The Labute approximate surface area is 131 Å². The van der Waals surface area contributed by atoms with Crippen LogP contribution in [0.25, 0.3) is 11.3 Å². The highest BCUT2D eigenvalue weighted by atomic mass is 32.1. The summed E-state index contributed by atoms with van der Waals surface area (Å²) in [6.07, 6.45) is 2.63. The normalized spacial score (nSPS) is 17.2. The van der Waals surface area contributed by atoms with Crippen molar-refractivity contribution >= 4 is 11.3 Å². The molecule has 1 N–H and O–H groups in total. The maximum absolute atomic E-state index is 4.72. The maximum Gasteiger partial charge on any atom is 0.107 e. The van der Waals surface area contributed by atoms with E-state index in [0.717, 1.165) is 24.7 Å². The molecule has 0 saturated carbocycles. The van der Waals surface area contributed by atoms with E-state index in [4.69, 9.17) is 4.98 Å². The number of hydrogen-bond donors (Lipinski definition) is 1. The van der Waals surface area contributed by atoms with Crippen LogP contribution in [0.1, 0.15) is 17.8 Å². The van der Waals surface area contributed by atoms with Crippen molar-refractivity contribution in [3.63, 3.8) is 0 Å². The van der Waals surface area contributed by atoms with Gasteiger partial charge in [-0.2, -0.15) is 0 Å². The van der Waals surface area contributed by atoms with Gasteiger partial charge in [-0.15, -0.1) is 11.3 Å². The molecule has 0 atom stereocenters. The molecule has 0 bridgehead atoms. The predicted octanol–water partition coefficient (Wildman–Crippen LogP) is 3.24. The minimum absolute atomic E-state index is 0.828. The summed E-state index contributed by atoms with van der Waals surface area (Å²) in [4.78, 5) is 7.14. The van der Waals surface area contributed by atoms with E-state index in [2.05, 4.69) is 46.9 Å². The Bertz CT molecular complexity index is 544. The largest absolute Gasteiger partial charge is 0.310 e. The van der Waals surface area contributed by atoms with E-state index in [-0.39, 0.29) is 0 Å². The lowest BCUT2D eigenvalue weighted by Crippen LogP contribution is -2.34. The Kier molecular flexibility index (Phi) is 5.01. The number of piperidine rings is 1. The van der Waals surface area contributed by atoms with Crippen LogP contribution in [0.2, 0.25) is 0 Å². The van der Waals surface area contributed by atoms with Crippen LogP contribution in [0, 0.1) is 5.92 Å². The molecule has 1 aromatic heterocycles. The molecule has 0 radical (unpaired) electrons. The number of likely N-dealkylation sites (tertiary alicyclic amines) is 1. The van der Waals surface area contributed by atoms with Crippen LogP contribution in [0.4, 0.5) is 0 Å². The van der Waals surface area contributed by atoms with Crippen molar-refractivity contribution in [2.24, 2.45) is 5.92 Å². The number of aromatic nitrogens is 1. The molecule has 2 aromatic rings. The molecule has 4 heteroatoms. The van der Waals surface area contributed by atoms with Gasteiger partial charge in [0, 0.05) is 17.5 Å². The van der Waals surface area contributed by atoms with E-state index in [1.54, 1.807) is 11.3 Å². The van der Waals surface area contributed by atoms with Gasteiger partial charge in [-0.25, -0.2) is 4.98 Å². The fourth-order valence-corrected chi connectivity index (χ4v) is 3.56. The summed E-state index contributed by atoms with van der Waals surface area (Å²) in [6.45, 7) is 4.49. The van der Waals surface area contributed by atoms with E-state index < -0.39 is 0 Å². The van der Waals surface area contributed by atoms with Crippen molar-refractivity contribution < 1.29 is 0 Å². The van der Waals surface area contributed by atoms with Gasteiger partial charge >= 0.3 is 0 Å². The molecule has 1 fully saturated rings. The third kappa shape index (κ3) is 4.13. The summed E-state index contributed by atoms with van der Waals surface area (Å²) in [6, 6.07) is 10.4. The summed E-state index contributed by atoms with van der Waals surface area (Å²) >= 11 is 1.75. The fourth-order valence-electron chi connectivity index (χ4n) is 2.78. The summed E-state index contributed by atoms with van der Waals surface area (Å²) in [5, 5.41) is 6.92. The molecule has 0 aliphatic carbocycles. The van der Waals surface area contributed by atoms with Crippen molar-refractivity contribution in [2.75, 3.05) is 26.7 Å². The Balaban J connectivity index is 1.47. The molecule has 1 aliphatic heterocycles. The van der Waals surface area contributed by atoms with Crippen molar-refractivity contribution in [1.82, 2.24) is 15.2 Å². The quantitative estimate of drug-likeness (QED) is 0.919. The van der Waals surface area contributed by atoms with Crippen LogP contribution in [0.5, 0.6) is 0 Å². The van der Waals surface area contributed by atoms with Crippen molar-refractivity contribution in [3.05, 3.63) is 40.7 Å². The number of nitrogens with one attached hydrogen (secondary N) is 1. The average Bonchev–Trinajstić information content (AvgIpc) is 2.99. The third-order valence-electron chi connectivity index (χ3n) is 4.17. The molecular formula is C17H23N3S. The number of benzene rings is 1. The molecule has 112 valence electrons. The van der Waals surface area contributed by atoms with Crippen LogP contribution in [0.15, 0.2) is 35.7 Å². The summed E-state index contributed by atoms with van der Waals surface area (Å²) in [7, 11) is 2.21. The van der Waals surface area contributed by atoms with Crippen LogP contribution < -0.4 is 5.32 Å². The van der Waals surface area contributed by atoms with E-state index in [9.17, 15) is 0 Å². The first-order valence-corrected chi connectivity index (χ1v) is 8.58. The van der Waals surface area contributed by atoms with Gasteiger partial charge in [-0.3, -0.25) is 0 Å². The highest BCUT2D eigenvalue weighted by Crippen LogP contribution is 2.21. The minimum atomic E-state index is 0.828. The first-order chi connectivity index (χ1) is 10.3. The smallest absolute Gasteiger partial charge is 0.107 e. The molecule has 1 aromatic carbocycles. The molecule has 1 aliphatic rings. The van der Waals surface area contributed by atoms with E-state index >= 15 is 0 Å². The zero-order chi connectivity index (χ0) is 14.5. The van der Waals surface area contributed by atoms with Gasteiger partial charge in [-0.1, -0.05) is 30.3 Å². The van der Waals surface area contributed by atoms with Crippen molar-refractivity contribution in [2.45, 2.75) is 19.4 Å². The van der Waals surface area contributed by atoms with E-state index in [1.807, 2.05) is 6.07 Å². The zero-order valence-electron chi connectivity index (χ0n) is 12.6. The topological polar surface area (TPSA) is 28.2 Å². The zero-order valence-corrected chi connectivity index (χ0v) is 13.4. The van der Waals surface area contributed by atoms with Gasteiger partial charge in [0.1, 0.15) is 5.01 Å². The fraction of sp³-hybridized carbons (Fsp3) is 0.471. The van der Waals surface area contributed by atoms with Gasteiger partial charge in [0.05, 0.1) is 5.69 Å². The molecular weight excluding hydrogens is 278 g/mol. The Morgan fingerprint density at radius 2 is 2.00 bits per heavy atom. The summed E-state index contributed by atoms with van der Waals surface area (Å²) < 4.78 is 0. The minimum Gasteiger partial charge on any atom is -0.310 e. The van der Waals surface area contributed by atoms with Gasteiger partial charge in [0.2, 0.25) is 0 Å². The van der Waals surface area contributed by atoms with Crippen LogP contribution >= 0.6 is 11.3 Å². The summed E-state index contributed by atoms with van der Waals surface area (Å²) in [5.41, 5.74) is 2.30. The highest BCUT2D eigenvalue weighted by Gasteiger charge is 2.16. The second-order valence-electron chi connectivity index (χ2n) is 5.87. The van der Waals surface area contributed by atoms with Gasteiger partial charge in [0.25, 0.3) is 0 Å². The summed E-state index contributed by atoms with van der Waals surface area (Å²) in [5.74, 6) is 0.828. The first kappa shape index (κ1) is 14.7. The van der Waals surface area contributed by atoms with Gasteiger partial charge < -0.3 is 10.2 Å². The first-order valence-electron chi connectivity index (χ1n) is 7.70. The number of nitrogens with zero attached hydrogens (tertiary/aromatic N) is 2. The van der Waals surface area contributed by atoms with Crippen molar-refractivity contribution in [3.8, 4) is 11.3 Å². The van der Waals surface area contributed by atoms with Crippen LogP contribution in [-0.4, -0.2) is 36.6 Å². The molecule has 1 saturated heterocycles. The molecule has 3 rings (SSSR count). The number of thiazole rings is 1. The van der Waals surface area contributed by atoms with E-state index in [1.165, 1.54) is 36.5 Å². The maximum atomic E-state index is 4.72. The van der Waals surface area contributed by atoms with E-state index in [0.29, 0.717) is 0 Å². The Hall–Kier alpha value is -1.23. The number of rotatable bonds is 5. The lowest BCUT2D eigenvalue weighted by Gasteiger charge is -2.28. The molecule has 2 heterocycles. The third-order valence-corrected chi connectivity index (χ3v) is 5.02. The lowest BCUT2D eigenvalue weighted by molar-refractivity contribution is 0.216. The molecule has 21 heavy (non-hydrogen) atoms. The molecule has 0 amide bonds. The molecule has 0 unspecified atom stereocenters.